The molecule has 1 aliphatic heterocycles. The number of benzene rings is 1. The molecular formula is C12H13F2NO2. The summed E-state index contributed by atoms with van der Waals surface area (Å²) in [5, 5.41) is 2.54. The van der Waals surface area contributed by atoms with E-state index in [1.54, 1.807) is 0 Å². The standard InChI is InChI=1S/C12H13F2NO2/c13-10-5-1-4-9(11(10)14)12(16)15-7-8-3-2-6-17-8/h1,4-5,8H,2-3,6-7H2,(H,15,16)/t8-/m1/s1. The maximum Gasteiger partial charge on any atom is 0.254 e. The lowest BCUT2D eigenvalue weighted by atomic mass is 10.2. The molecule has 1 aliphatic rings. The summed E-state index contributed by atoms with van der Waals surface area (Å²) in [6.45, 7) is 1.02. The molecule has 2 rings (SSSR count). The number of carbonyl (C=O) groups excluding carboxylic acids is 1. The quantitative estimate of drug-likeness (QED) is 0.877. The molecule has 1 N–H and O–H groups in total. The first kappa shape index (κ1) is 12.0. The average Bonchev–Trinajstić information content (AvgIpc) is 2.82. The summed E-state index contributed by atoms with van der Waals surface area (Å²) in [6, 6.07) is 3.54. The fourth-order valence-electron chi connectivity index (χ4n) is 1.79. The summed E-state index contributed by atoms with van der Waals surface area (Å²) in [7, 11) is 0. The Morgan fingerprint density at radius 2 is 2.29 bits per heavy atom. The van der Waals surface area contributed by atoms with Gasteiger partial charge in [-0.2, -0.15) is 0 Å². The molecule has 0 unspecified atom stereocenters. The van der Waals surface area contributed by atoms with Crippen LogP contribution in [0.4, 0.5) is 8.78 Å². The summed E-state index contributed by atoms with van der Waals surface area (Å²) in [5.74, 6) is -2.75. The van der Waals surface area contributed by atoms with E-state index in [9.17, 15) is 13.6 Å². The van der Waals surface area contributed by atoms with Gasteiger partial charge in [0.05, 0.1) is 11.7 Å². The van der Waals surface area contributed by atoms with Gasteiger partial charge in [-0.25, -0.2) is 8.78 Å². The maximum atomic E-state index is 13.3. The van der Waals surface area contributed by atoms with Crippen LogP contribution in [0.3, 0.4) is 0 Å². The molecule has 5 heteroatoms. The first-order chi connectivity index (χ1) is 8.18. The highest BCUT2D eigenvalue weighted by molar-refractivity contribution is 5.94. The van der Waals surface area contributed by atoms with Gasteiger partial charge in [-0.1, -0.05) is 6.07 Å². The van der Waals surface area contributed by atoms with E-state index in [0.29, 0.717) is 13.2 Å². The smallest absolute Gasteiger partial charge is 0.254 e. The number of nitrogens with one attached hydrogen (secondary N) is 1. The first-order valence-corrected chi connectivity index (χ1v) is 5.52. The number of rotatable bonds is 3. The van der Waals surface area contributed by atoms with Crippen molar-refractivity contribution < 1.29 is 18.3 Å². The van der Waals surface area contributed by atoms with Crippen molar-refractivity contribution in [3.05, 3.63) is 35.4 Å². The molecule has 3 nitrogen and oxygen atoms in total. The van der Waals surface area contributed by atoms with Crippen molar-refractivity contribution >= 4 is 5.91 Å². The molecule has 1 heterocycles. The summed E-state index contributed by atoms with van der Waals surface area (Å²) < 4.78 is 31.5. The molecule has 1 saturated heterocycles. The van der Waals surface area contributed by atoms with Crippen molar-refractivity contribution in [3.63, 3.8) is 0 Å². The minimum Gasteiger partial charge on any atom is -0.376 e. The Kier molecular flexibility index (Phi) is 3.68. The molecule has 1 aromatic rings. The zero-order valence-corrected chi connectivity index (χ0v) is 9.21. The van der Waals surface area contributed by atoms with Crippen LogP contribution in [0.1, 0.15) is 23.2 Å². The summed E-state index contributed by atoms with van der Waals surface area (Å²) in [5.41, 5.74) is -0.275. The number of hydrogen-bond acceptors (Lipinski definition) is 2. The van der Waals surface area contributed by atoms with Crippen LogP contribution in [-0.4, -0.2) is 25.2 Å². The van der Waals surface area contributed by atoms with E-state index in [2.05, 4.69) is 5.32 Å². The Morgan fingerprint density at radius 1 is 1.47 bits per heavy atom. The van der Waals surface area contributed by atoms with Crippen molar-refractivity contribution in [1.82, 2.24) is 5.32 Å². The Hall–Kier alpha value is -1.49. The van der Waals surface area contributed by atoms with E-state index in [0.717, 1.165) is 18.9 Å². The zero-order chi connectivity index (χ0) is 12.3. The van der Waals surface area contributed by atoms with Crippen LogP contribution < -0.4 is 5.32 Å². The molecule has 0 saturated carbocycles. The van der Waals surface area contributed by atoms with Gasteiger partial charge in [-0.3, -0.25) is 4.79 Å². The molecule has 0 bridgehead atoms. The molecule has 1 fully saturated rings. The molecule has 92 valence electrons. The largest absolute Gasteiger partial charge is 0.376 e. The van der Waals surface area contributed by atoms with Crippen molar-refractivity contribution in [3.8, 4) is 0 Å². The monoisotopic (exact) mass is 241 g/mol. The Morgan fingerprint density at radius 3 is 3.00 bits per heavy atom. The summed E-state index contributed by atoms with van der Waals surface area (Å²) in [4.78, 5) is 11.6. The molecular weight excluding hydrogens is 228 g/mol. The molecule has 0 spiro atoms. The third-order valence-corrected chi connectivity index (χ3v) is 2.71. The predicted octanol–water partition coefficient (Wildman–Crippen LogP) is 1.87. The van der Waals surface area contributed by atoms with Crippen LogP contribution in [0.5, 0.6) is 0 Å². The third-order valence-electron chi connectivity index (χ3n) is 2.71. The van der Waals surface area contributed by atoms with Gasteiger partial charge in [-0.15, -0.1) is 0 Å². The zero-order valence-electron chi connectivity index (χ0n) is 9.21. The molecule has 17 heavy (non-hydrogen) atoms. The molecule has 0 radical (unpaired) electrons. The second-order valence-electron chi connectivity index (χ2n) is 3.95. The molecule has 1 atom stereocenters. The van der Waals surface area contributed by atoms with Gasteiger partial charge in [-0.05, 0) is 25.0 Å². The molecule has 1 aromatic carbocycles. The molecule has 0 aliphatic carbocycles. The van der Waals surface area contributed by atoms with E-state index in [1.165, 1.54) is 12.1 Å². The molecule has 1 amide bonds. The van der Waals surface area contributed by atoms with E-state index in [-0.39, 0.29) is 11.7 Å². The van der Waals surface area contributed by atoms with Crippen molar-refractivity contribution in [2.45, 2.75) is 18.9 Å². The van der Waals surface area contributed by atoms with Crippen molar-refractivity contribution in [2.75, 3.05) is 13.2 Å². The van der Waals surface area contributed by atoms with Gasteiger partial charge in [0.1, 0.15) is 0 Å². The average molecular weight is 241 g/mol. The maximum absolute atomic E-state index is 13.3. The number of hydrogen-bond donors (Lipinski definition) is 1. The second kappa shape index (κ2) is 5.23. The topological polar surface area (TPSA) is 38.3 Å². The predicted molar refractivity (Wildman–Crippen MR) is 57.7 cm³/mol. The van der Waals surface area contributed by atoms with Crippen molar-refractivity contribution in [1.29, 1.82) is 0 Å². The van der Waals surface area contributed by atoms with Gasteiger partial charge in [0.25, 0.3) is 5.91 Å². The van der Waals surface area contributed by atoms with E-state index in [1.807, 2.05) is 0 Å². The van der Waals surface area contributed by atoms with E-state index in [4.69, 9.17) is 4.74 Å². The minimum absolute atomic E-state index is 0.0180. The van der Waals surface area contributed by atoms with E-state index < -0.39 is 17.5 Å². The Balaban J connectivity index is 1.97. The summed E-state index contributed by atoms with van der Waals surface area (Å²) in [6.07, 6.45) is 1.83. The summed E-state index contributed by atoms with van der Waals surface area (Å²) >= 11 is 0. The van der Waals surface area contributed by atoms with Gasteiger partial charge in [0.15, 0.2) is 11.6 Å². The number of carbonyl (C=O) groups is 1. The van der Waals surface area contributed by atoms with Gasteiger partial charge < -0.3 is 10.1 Å². The van der Waals surface area contributed by atoms with Crippen LogP contribution in [0.15, 0.2) is 18.2 Å². The fourth-order valence-corrected chi connectivity index (χ4v) is 1.79. The van der Waals surface area contributed by atoms with E-state index >= 15 is 0 Å². The van der Waals surface area contributed by atoms with Crippen molar-refractivity contribution in [2.24, 2.45) is 0 Å². The van der Waals surface area contributed by atoms with Crippen LogP contribution >= 0.6 is 0 Å². The van der Waals surface area contributed by atoms with Gasteiger partial charge in [0.2, 0.25) is 0 Å². The van der Waals surface area contributed by atoms with Crippen LogP contribution in [0.25, 0.3) is 0 Å². The SMILES string of the molecule is O=C(NC[C@H]1CCCO1)c1cccc(F)c1F. The lowest BCUT2D eigenvalue weighted by Gasteiger charge is -2.11. The highest BCUT2D eigenvalue weighted by Gasteiger charge is 2.19. The minimum atomic E-state index is -1.11. The fraction of sp³-hybridized carbons (Fsp3) is 0.417. The molecule has 0 aromatic heterocycles. The van der Waals surface area contributed by atoms with Crippen LogP contribution in [0.2, 0.25) is 0 Å². The highest BCUT2D eigenvalue weighted by Crippen LogP contribution is 2.13. The third kappa shape index (κ3) is 2.79. The Labute approximate surface area is 97.8 Å². The lowest BCUT2D eigenvalue weighted by Crippen LogP contribution is -2.32. The van der Waals surface area contributed by atoms with Gasteiger partial charge >= 0.3 is 0 Å². The number of amides is 1. The highest BCUT2D eigenvalue weighted by atomic mass is 19.2. The van der Waals surface area contributed by atoms with Crippen LogP contribution in [0, 0.1) is 11.6 Å². The first-order valence-electron chi connectivity index (χ1n) is 5.52. The second-order valence-corrected chi connectivity index (χ2v) is 3.95. The van der Waals surface area contributed by atoms with Gasteiger partial charge in [0, 0.05) is 13.2 Å². The Bertz CT molecular complexity index is 417. The number of ether oxygens (including phenoxy) is 1. The number of halogens is 2. The lowest BCUT2D eigenvalue weighted by molar-refractivity contribution is 0.0853. The van der Waals surface area contributed by atoms with Crippen LogP contribution in [-0.2, 0) is 4.74 Å². The normalized spacial score (nSPS) is 19.3.